The fourth-order valence-corrected chi connectivity index (χ4v) is 2.42. The second-order valence-electron chi connectivity index (χ2n) is 5.26. The van der Waals surface area contributed by atoms with E-state index in [1.807, 2.05) is 48.5 Å². The Bertz CT molecular complexity index is 566. The molecule has 118 valence electrons. The van der Waals surface area contributed by atoms with Crippen molar-refractivity contribution in [3.8, 4) is 11.5 Å². The third kappa shape index (κ3) is 4.25. The zero-order valence-corrected chi connectivity index (χ0v) is 13.3. The Labute approximate surface area is 132 Å². The van der Waals surface area contributed by atoms with Crippen molar-refractivity contribution in [3.63, 3.8) is 0 Å². The molecule has 0 spiro atoms. The number of benzene rings is 2. The van der Waals surface area contributed by atoms with Crippen molar-refractivity contribution in [1.29, 1.82) is 0 Å². The first-order valence-corrected chi connectivity index (χ1v) is 7.78. The standard InChI is InChI=1S/C19H24O3/c1-3-14-22-19-16(10-7-11-18(19)21-2)12-13-17(20)15-8-5-4-6-9-15/h4-11,17,20H,3,12-14H2,1-2H3. The van der Waals surface area contributed by atoms with E-state index in [1.54, 1.807) is 7.11 Å². The van der Waals surface area contributed by atoms with E-state index in [-0.39, 0.29) is 0 Å². The molecule has 22 heavy (non-hydrogen) atoms. The third-order valence-electron chi connectivity index (χ3n) is 3.60. The van der Waals surface area contributed by atoms with Crippen molar-refractivity contribution in [2.75, 3.05) is 13.7 Å². The molecule has 0 amide bonds. The zero-order chi connectivity index (χ0) is 15.8. The van der Waals surface area contributed by atoms with Gasteiger partial charge in [0, 0.05) is 0 Å². The van der Waals surface area contributed by atoms with Gasteiger partial charge in [-0.05, 0) is 36.5 Å². The summed E-state index contributed by atoms with van der Waals surface area (Å²) in [6, 6.07) is 15.6. The first kappa shape index (κ1) is 16.4. The largest absolute Gasteiger partial charge is 0.493 e. The normalized spacial score (nSPS) is 12.0. The molecule has 3 heteroatoms. The lowest BCUT2D eigenvalue weighted by atomic mass is 10.0. The summed E-state index contributed by atoms with van der Waals surface area (Å²) in [7, 11) is 1.65. The molecule has 1 atom stereocenters. The second-order valence-corrected chi connectivity index (χ2v) is 5.26. The maximum absolute atomic E-state index is 10.3. The smallest absolute Gasteiger partial charge is 0.164 e. The van der Waals surface area contributed by atoms with Crippen LogP contribution in [0.5, 0.6) is 11.5 Å². The van der Waals surface area contributed by atoms with Crippen LogP contribution < -0.4 is 9.47 Å². The first-order valence-electron chi connectivity index (χ1n) is 7.78. The number of aliphatic hydroxyl groups excluding tert-OH is 1. The van der Waals surface area contributed by atoms with Crippen LogP contribution >= 0.6 is 0 Å². The van der Waals surface area contributed by atoms with Gasteiger partial charge in [-0.1, -0.05) is 49.4 Å². The molecule has 0 aliphatic rings. The lowest BCUT2D eigenvalue weighted by molar-refractivity contribution is 0.167. The molecule has 0 saturated heterocycles. The highest BCUT2D eigenvalue weighted by Crippen LogP contribution is 2.33. The molecule has 0 aliphatic heterocycles. The van der Waals surface area contributed by atoms with Gasteiger partial charge < -0.3 is 14.6 Å². The van der Waals surface area contributed by atoms with E-state index in [0.717, 1.165) is 35.5 Å². The Hall–Kier alpha value is -2.00. The lowest BCUT2D eigenvalue weighted by Gasteiger charge is -2.16. The number of ether oxygens (including phenoxy) is 2. The first-order chi connectivity index (χ1) is 10.8. The molecule has 2 rings (SSSR count). The van der Waals surface area contributed by atoms with E-state index < -0.39 is 6.10 Å². The molecule has 3 nitrogen and oxygen atoms in total. The Kier molecular flexibility index (Phi) is 6.28. The molecular formula is C19H24O3. The van der Waals surface area contributed by atoms with Crippen LogP contribution in [-0.2, 0) is 6.42 Å². The van der Waals surface area contributed by atoms with E-state index in [4.69, 9.17) is 9.47 Å². The molecule has 2 aromatic carbocycles. The quantitative estimate of drug-likeness (QED) is 0.796. The Morgan fingerprint density at radius 3 is 2.50 bits per heavy atom. The van der Waals surface area contributed by atoms with E-state index in [2.05, 4.69) is 6.92 Å². The highest BCUT2D eigenvalue weighted by molar-refractivity contribution is 5.46. The van der Waals surface area contributed by atoms with E-state index >= 15 is 0 Å². The maximum Gasteiger partial charge on any atom is 0.164 e. The van der Waals surface area contributed by atoms with Gasteiger partial charge in [-0.15, -0.1) is 0 Å². The number of hydrogen-bond donors (Lipinski definition) is 1. The fourth-order valence-electron chi connectivity index (χ4n) is 2.42. The van der Waals surface area contributed by atoms with Crippen molar-refractivity contribution in [1.82, 2.24) is 0 Å². The minimum Gasteiger partial charge on any atom is -0.493 e. The Morgan fingerprint density at radius 1 is 1.05 bits per heavy atom. The number of methoxy groups -OCH3 is 1. The molecule has 0 bridgehead atoms. The molecule has 0 radical (unpaired) electrons. The van der Waals surface area contributed by atoms with Gasteiger partial charge in [0.1, 0.15) is 0 Å². The topological polar surface area (TPSA) is 38.7 Å². The van der Waals surface area contributed by atoms with Gasteiger partial charge >= 0.3 is 0 Å². The monoisotopic (exact) mass is 300 g/mol. The molecule has 0 aromatic heterocycles. The summed E-state index contributed by atoms with van der Waals surface area (Å²) >= 11 is 0. The minimum absolute atomic E-state index is 0.466. The molecule has 0 fully saturated rings. The van der Waals surface area contributed by atoms with Gasteiger partial charge in [0.25, 0.3) is 0 Å². The van der Waals surface area contributed by atoms with Crippen LogP contribution in [0.15, 0.2) is 48.5 Å². The summed E-state index contributed by atoms with van der Waals surface area (Å²) in [6.07, 6.45) is 1.88. The number of rotatable bonds is 8. The van der Waals surface area contributed by atoms with E-state index in [9.17, 15) is 5.11 Å². The minimum atomic E-state index is -0.466. The number of hydrogen-bond acceptors (Lipinski definition) is 3. The van der Waals surface area contributed by atoms with E-state index in [1.165, 1.54) is 0 Å². The van der Waals surface area contributed by atoms with Gasteiger partial charge in [0.15, 0.2) is 11.5 Å². The van der Waals surface area contributed by atoms with Crippen molar-refractivity contribution < 1.29 is 14.6 Å². The molecule has 1 unspecified atom stereocenters. The summed E-state index contributed by atoms with van der Waals surface area (Å²) in [6.45, 7) is 2.74. The Balaban J connectivity index is 2.08. The van der Waals surface area contributed by atoms with Gasteiger partial charge in [0.05, 0.1) is 19.8 Å². The number of para-hydroxylation sites is 1. The van der Waals surface area contributed by atoms with Crippen molar-refractivity contribution in [2.24, 2.45) is 0 Å². The van der Waals surface area contributed by atoms with Crippen LogP contribution in [0.2, 0.25) is 0 Å². The third-order valence-corrected chi connectivity index (χ3v) is 3.60. The summed E-state index contributed by atoms with van der Waals surface area (Å²) in [5.74, 6) is 1.55. The molecule has 2 aromatic rings. The number of aliphatic hydroxyl groups is 1. The van der Waals surface area contributed by atoms with Crippen LogP contribution in [0.3, 0.4) is 0 Å². The Morgan fingerprint density at radius 2 is 1.82 bits per heavy atom. The molecular weight excluding hydrogens is 276 g/mol. The SMILES string of the molecule is CCCOc1c(CCC(O)c2ccccc2)cccc1OC. The predicted molar refractivity (Wildman–Crippen MR) is 88.5 cm³/mol. The second kappa shape index (κ2) is 8.44. The average molecular weight is 300 g/mol. The number of aryl methyl sites for hydroxylation is 1. The van der Waals surface area contributed by atoms with Crippen LogP contribution in [0, 0.1) is 0 Å². The van der Waals surface area contributed by atoms with Crippen LogP contribution in [-0.4, -0.2) is 18.8 Å². The summed E-state index contributed by atoms with van der Waals surface area (Å²) in [5, 5.41) is 10.3. The van der Waals surface area contributed by atoms with Crippen LogP contribution in [0.4, 0.5) is 0 Å². The van der Waals surface area contributed by atoms with Crippen molar-refractivity contribution in [2.45, 2.75) is 32.3 Å². The van der Waals surface area contributed by atoms with Crippen LogP contribution in [0.1, 0.15) is 37.0 Å². The lowest BCUT2D eigenvalue weighted by Crippen LogP contribution is -2.04. The highest BCUT2D eigenvalue weighted by Gasteiger charge is 2.13. The summed E-state index contributed by atoms with van der Waals surface area (Å²) in [5.41, 5.74) is 2.02. The molecule has 0 saturated carbocycles. The van der Waals surface area contributed by atoms with Crippen LogP contribution in [0.25, 0.3) is 0 Å². The molecule has 0 aliphatic carbocycles. The zero-order valence-electron chi connectivity index (χ0n) is 13.3. The van der Waals surface area contributed by atoms with Gasteiger partial charge in [0.2, 0.25) is 0 Å². The van der Waals surface area contributed by atoms with Gasteiger partial charge in [-0.3, -0.25) is 0 Å². The van der Waals surface area contributed by atoms with Crippen molar-refractivity contribution >= 4 is 0 Å². The summed E-state index contributed by atoms with van der Waals surface area (Å²) in [4.78, 5) is 0. The fraction of sp³-hybridized carbons (Fsp3) is 0.368. The summed E-state index contributed by atoms with van der Waals surface area (Å²) < 4.78 is 11.2. The maximum atomic E-state index is 10.3. The van der Waals surface area contributed by atoms with Gasteiger partial charge in [-0.25, -0.2) is 0 Å². The van der Waals surface area contributed by atoms with Crippen molar-refractivity contribution in [3.05, 3.63) is 59.7 Å². The molecule has 0 heterocycles. The highest BCUT2D eigenvalue weighted by atomic mass is 16.5. The van der Waals surface area contributed by atoms with Gasteiger partial charge in [-0.2, -0.15) is 0 Å². The van der Waals surface area contributed by atoms with E-state index in [0.29, 0.717) is 13.0 Å². The molecule has 1 N–H and O–H groups in total. The average Bonchev–Trinajstić information content (AvgIpc) is 2.58. The predicted octanol–water partition coefficient (Wildman–Crippen LogP) is 4.15.